The second-order valence-corrected chi connectivity index (χ2v) is 9.69. The van der Waals surface area contributed by atoms with Crippen molar-refractivity contribution in [1.82, 2.24) is 24.4 Å². The van der Waals surface area contributed by atoms with Gasteiger partial charge >= 0.3 is 12.1 Å². The second kappa shape index (κ2) is 10.0. The normalized spacial score (nSPS) is 18.8. The van der Waals surface area contributed by atoms with Crippen LogP contribution < -0.4 is 4.90 Å². The molecule has 0 saturated carbocycles. The summed E-state index contributed by atoms with van der Waals surface area (Å²) in [5.41, 5.74) is 5.50. The van der Waals surface area contributed by atoms with Crippen molar-refractivity contribution in [1.29, 1.82) is 5.26 Å². The zero-order valence-corrected chi connectivity index (χ0v) is 20.9. The number of nitrogens with zero attached hydrogens (tertiary/aromatic N) is 7. The molecule has 6 heterocycles. The van der Waals surface area contributed by atoms with Crippen molar-refractivity contribution in [3.8, 4) is 28.3 Å². The molecule has 13 heteroatoms. The monoisotopic (exact) mass is 539 g/mol. The van der Waals surface area contributed by atoms with Gasteiger partial charge in [-0.15, -0.1) is 0 Å². The van der Waals surface area contributed by atoms with Crippen LogP contribution in [0.2, 0.25) is 0 Å². The van der Waals surface area contributed by atoms with E-state index in [1.165, 1.54) is 0 Å². The van der Waals surface area contributed by atoms with Gasteiger partial charge in [0.25, 0.3) is 0 Å². The minimum atomic E-state index is -5.08. The van der Waals surface area contributed by atoms with Crippen LogP contribution in [0.5, 0.6) is 0 Å². The number of carboxylic acids is 1. The number of aliphatic carboxylic acids is 1. The lowest BCUT2D eigenvalue weighted by atomic mass is 9.87. The number of nitriles is 1. The Kier molecular flexibility index (Phi) is 6.73. The number of alkyl halides is 3. The largest absolute Gasteiger partial charge is 0.490 e. The zero-order valence-electron chi connectivity index (χ0n) is 20.9. The number of carbonyl (C=O) groups is 1. The van der Waals surface area contributed by atoms with Crippen LogP contribution >= 0.6 is 0 Å². The molecule has 6 rings (SSSR count). The average Bonchev–Trinajstić information content (AvgIpc) is 3.72. The maximum Gasteiger partial charge on any atom is 0.490 e. The predicted molar refractivity (Wildman–Crippen MR) is 134 cm³/mol. The summed E-state index contributed by atoms with van der Waals surface area (Å²) in [4.78, 5) is 16.1. The molecule has 4 aromatic rings. The summed E-state index contributed by atoms with van der Waals surface area (Å²) < 4.78 is 40.9. The quantitative estimate of drug-likeness (QED) is 0.416. The fourth-order valence-electron chi connectivity index (χ4n) is 4.99. The van der Waals surface area contributed by atoms with Crippen molar-refractivity contribution in [2.45, 2.75) is 19.0 Å². The van der Waals surface area contributed by atoms with Crippen LogP contribution in [0.15, 0.2) is 49.2 Å². The smallest absolute Gasteiger partial charge is 0.475 e. The molecule has 2 saturated heterocycles. The summed E-state index contributed by atoms with van der Waals surface area (Å²) in [6, 6.07) is 8.53. The third-order valence-corrected chi connectivity index (χ3v) is 7.02. The molecule has 1 atom stereocenters. The summed E-state index contributed by atoms with van der Waals surface area (Å²) in [5.74, 6) is -1.77. The predicted octanol–water partition coefficient (Wildman–Crippen LogP) is 3.92. The van der Waals surface area contributed by atoms with E-state index in [9.17, 15) is 18.4 Å². The van der Waals surface area contributed by atoms with Crippen LogP contribution in [-0.2, 0) is 16.6 Å². The number of hydrogen-bond donors (Lipinski definition) is 1. The molecule has 4 aromatic heterocycles. The van der Waals surface area contributed by atoms with Crippen LogP contribution in [0.1, 0.15) is 18.4 Å². The molecule has 0 aliphatic carbocycles. The SMILES string of the molecule is Cn1cc(-c2cc(-c3ccc(N4CCC5(CCOC5)C4)nc3)c3c(C#N)cnn3c2)cn1.O=C(O)C(F)(F)F. The molecule has 39 heavy (non-hydrogen) atoms. The molecule has 2 aliphatic heterocycles. The molecular weight excluding hydrogens is 515 g/mol. The topological polar surface area (TPSA) is 122 Å². The molecule has 1 spiro atoms. The van der Waals surface area contributed by atoms with Gasteiger partial charge in [-0.2, -0.15) is 28.6 Å². The van der Waals surface area contributed by atoms with Crippen molar-refractivity contribution in [3.05, 3.63) is 54.7 Å². The van der Waals surface area contributed by atoms with Gasteiger partial charge in [0.2, 0.25) is 0 Å². The third-order valence-electron chi connectivity index (χ3n) is 7.02. The Morgan fingerprint density at radius 2 is 1.92 bits per heavy atom. The minimum absolute atomic E-state index is 0.295. The van der Waals surface area contributed by atoms with Gasteiger partial charge in [0, 0.05) is 73.0 Å². The van der Waals surface area contributed by atoms with Crippen LogP contribution in [0, 0.1) is 16.7 Å². The first-order valence-corrected chi connectivity index (χ1v) is 12.1. The van der Waals surface area contributed by atoms with Gasteiger partial charge in [-0.1, -0.05) is 0 Å². The summed E-state index contributed by atoms with van der Waals surface area (Å²) in [7, 11) is 1.90. The third kappa shape index (κ3) is 5.28. The van der Waals surface area contributed by atoms with E-state index in [1.807, 2.05) is 31.8 Å². The number of hydrogen-bond acceptors (Lipinski definition) is 7. The highest BCUT2D eigenvalue weighted by molar-refractivity contribution is 5.87. The van der Waals surface area contributed by atoms with E-state index in [2.05, 4.69) is 39.4 Å². The van der Waals surface area contributed by atoms with E-state index in [4.69, 9.17) is 19.6 Å². The number of ether oxygens (including phenoxy) is 1. The van der Waals surface area contributed by atoms with Gasteiger partial charge in [-0.3, -0.25) is 4.68 Å². The van der Waals surface area contributed by atoms with E-state index in [0.29, 0.717) is 11.0 Å². The molecule has 0 bridgehead atoms. The number of rotatable bonds is 3. The molecule has 0 amide bonds. The van der Waals surface area contributed by atoms with E-state index in [1.54, 1.807) is 15.4 Å². The maximum absolute atomic E-state index is 10.6. The van der Waals surface area contributed by atoms with E-state index in [0.717, 1.165) is 72.7 Å². The first-order valence-electron chi connectivity index (χ1n) is 12.1. The molecule has 10 nitrogen and oxygen atoms in total. The van der Waals surface area contributed by atoms with E-state index >= 15 is 0 Å². The summed E-state index contributed by atoms with van der Waals surface area (Å²) in [5, 5.41) is 25.5. The Morgan fingerprint density at radius 3 is 2.51 bits per heavy atom. The number of aryl methyl sites for hydroxylation is 1. The van der Waals surface area contributed by atoms with Crippen molar-refractivity contribution < 1.29 is 27.8 Å². The van der Waals surface area contributed by atoms with Crippen molar-refractivity contribution >= 4 is 17.3 Å². The van der Waals surface area contributed by atoms with E-state index < -0.39 is 12.1 Å². The second-order valence-electron chi connectivity index (χ2n) is 9.69. The number of carboxylic acid groups (broad SMARTS) is 1. The molecule has 1 N–H and O–H groups in total. The van der Waals surface area contributed by atoms with Crippen molar-refractivity contribution in [3.63, 3.8) is 0 Å². The molecule has 0 aromatic carbocycles. The van der Waals surface area contributed by atoms with Crippen molar-refractivity contribution in [2.24, 2.45) is 12.5 Å². The Morgan fingerprint density at radius 1 is 1.13 bits per heavy atom. The Labute approximate surface area is 220 Å². The van der Waals surface area contributed by atoms with Gasteiger partial charge in [0.15, 0.2) is 0 Å². The lowest BCUT2D eigenvalue weighted by Crippen LogP contribution is -2.27. The van der Waals surface area contributed by atoms with Gasteiger partial charge < -0.3 is 14.7 Å². The average molecular weight is 540 g/mol. The van der Waals surface area contributed by atoms with Gasteiger partial charge in [0.05, 0.1) is 30.1 Å². The first-order chi connectivity index (χ1) is 18.6. The molecular formula is C26H24F3N7O3. The van der Waals surface area contributed by atoms with Crippen LogP contribution in [0.3, 0.4) is 0 Å². The van der Waals surface area contributed by atoms with Crippen LogP contribution in [-0.4, -0.2) is 67.9 Å². The Hall–Kier alpha value is -4.44. The highest BCUT2D eigenvalue weighted by Gasteiger charge is 2.41. The van der Waals surface area contributed by atoms with E-state index in [-0.39, 0.29) is 0 Å². The fourth-order valence-corrected chi connectivity index (χ4v) is 4.99. The number of anilines is 1. The molecule has 202 valence electrons. The fraction of sp³-hybridized carbons (Fsp3) is 0.346. The lowest BCUT2D eigenvalue weighted by Gasteiger charge is -2.22. The molecule has 2 aliphatic rings. The zero-order chi connectivity index (χ0) is 27.8. The lowest BCUT2D eigenvalue weighted by molar-refractivity contribution is -0.192. The van der Waals surface area contributed by atoms with Crippen LogP contribution in [0.25, 0.3) is 27.8 Å². The highest BCUT2D eigenvalue weighted by Crippen LogP contribution is 2.40. The van der Waals surface area contributed by atoms with Crippen molar-refractivity contribution in [2.75, 3.05) is 31.2 Å². The number of pyridine rings is 2. The summed E-state index contributed by atoms with van der Waals surface area (Å²) in [6.45, 7) is 3.74. The van der Waals surface area contributed by atoms with Gasteiger partial charge in [-0.05, 0) is 31.0 Å². The summed E-state index contributed by atoms with van der Waals surface area (Å²) in [6.07, 6.45) is 6.47. The summed E-state index contributed by atoms with van der Waals surface area (Å²) >= 11 is 0. The molecule has 2 fully saturated rings. The maximum atomic E-state index is 10.6. The van der Waals surface area contributed by atoms with Crippen LogP contribution in [0.4, 0.5) is 19.0 Å². The number of halogens is 3. The Bertz CT molecular complexity index is 1550. The molecule has 1 unspecified atom stereocenters. The minimum Gasteiger partial charge on any atom is -0.475 e. The number of fused-ring (bicyclic) bond motifs is 1. The molecule has 0 radical (unpaired) electrons. The first kappa shape index (κ1) is 26.2. The number of aromatic nitrogens is 5. The highest BCUT2D eigenvalue weighted by atomic mass is 19.4. The standard InChI is InChI=1S/C24H23N7O.C2HF3O2/c1-29-13-20(12-27-29)18-8-21(23-19(9-25)11-28-31(23)14-18)17-2-3-22(26-10-17)30-6-4-24(15-30)5-7-32-16-24;3-2(4,5)1(6)7/h2-3,8,10-14H,4-7,15-16H2,1H3;(H,6,7). The Balaban J connectivity index is 0.000000392. The van der Waals surface area contributed by atoms with Gasteiger partial charge in [-0.25, -0.2) is 14.3 Å². The van der Waals surface area contributed by atoms with Gasteiger partial charge in [0.1, 0.15) is 11.9 Å².